The second kappa shape index (κ2) is 11.0. The van der Waals surface area contributed by atoms with Crippen molar-refractivity contribution in [3.05, 3.63) is 35.9 Å². The Morgan fingerprint density at radius 3 is 1.50 bits per heavy atom. The predicted octanol–water partition coefficient (Wildman–Crippen LogP) is 6.31. The summed E-state index contributed by atoms with van der Waals surface area (Å²) in [7, 11) is 0. The van der Waals surface area contributed by atoms with Crippen molar-refractivity contribution in [2.45, 2.75) is 17.6 Å². The zero-order valence-corrected chi connectivity index (χ0v) is 14.4. The fourth-order valence-corrected chi connectivity index (χ4v) is 1.01. The molecule has 14 heavy (non-hydrogen) atoms. The van der Waals surface area contributed by atoms with Crippen LogP contribution < -0.4 is 0 Å². The molecule has 0 aliphatic heterocycles. The second-order valence-corrected chi connectivity index (χ2v) is 4.15. The van der Waals surface area contributed by atoms with Crippen molar-refractivity contribution in [3.63, 3.8) is 0 Å². The van der Waals surface area contributed by atoms with E-state index in [2.05, 4.69) is 37.2 Å². The fourth-order valence-electron chi connectivity index (χ4n) is 0.627. The molecule has 0 aliphatic rings. The molecule has 0 nitrogen and oxygen atoms in total. The third kappa shape index (κ3) is 8.83. The standard InChI is InChI=1S/C7H5Cl3.C2H6.I2/c8-7(9,10)6-4-2-1-3-5-6;2*1-2/h1-5H;1-2H3;. The highest BCUT2D eigenvalue weighted by molar-refractivity contribution is 15.0. The van der Waals surface area contributed by atoms with Crippen LogP contribution in [0.5, 0.6) is 0 Å². The van der Waals surface area contributed by atoms with Crippen LogP contribution in [0.25, 0.3) is 0 Å². The minimum absolute atomic E-state index is 0.694. The lowest BCUT2D eigenvalue weighted by Gasteiger charge is -2.09. The van der Waals surface area contributed by atoms with Crippen LogP contribution in [-0.4, -0.2) is 0 Å². The first kappa shape index (κ1) is 17.9. The summed E-state index contributed by atoms with van der Waals surface area (Å²) in [6, 6.07) is 9.08. The Morgan fingerprint density at radius 1 is 0.929 bits per heavy atom. The molecule has 0 heterocycles. The van der Waals surface area contributed by atoms with Gasteiger partial charge in [-0.1, -0.05) is 79.0 Å². The van der Waals surface area contributed by atoms with E-state index in [1.54, 1.807) is 12.1 Å². The molecule has 5 heteroatoms. The largest absolute Gasteiger partial charge is 0.216 e. The lowest BCUT2D eigenvalue weighted by Crippen LogP contribution is -1.98. The van der Waals surface area contributed by atoms with Crippen LogP contribution in [0, 0.1) is 0 Å². The highest BCUT2D eigenvalue weighted by atomic mass is 128. The van der Waals surface area contributed by atoms with E-state index in [9.17, 15) is 0 Å². The molecule has 1 rings (SSSR count). The lowest BCUT2D eigenvalue weighted by molar-refractivity contribution is 1.24. The number of hydrogen-bond donors (Lipinski definition) is 0. The van der Waals surface area contributed by atoms with Gasteiger partial charge in [-0.2, -0.15) is 0 Å². The molecule has 0 aromatic heterocycles. The first-order valence-electron chi connectivity index (χ1n) is 3.87. The Hall–Kier alpha value is 1.55. The van der Waals surface area contributed by atoms with Gasteiger partial charge in [-0.3, -0.25) is 0 Å². The van der Waals surface area contributed by atoms with Gasteiger partial charge in [0.2, 0.25) is 3.79 Å². The van der Waals surface area contributed by atoms with E-state index in [4.69, 9.17) is 34.8 Å². The maximum atomic E-state index is 5.59. The second-order valence-electron chi connectivity index (χ2n) is 1.86. The van der Waals surface area contributed by atoms with Crippen LogP contribution >= 0.6 is 72.0 Å². The molecule has 0 radical (unpaired) electrons. The van der Waals surface area contributed by atoms with E-state index in [1.165, 1.54) is 0 Å². The molecular formula is C9H11Cl3I2. The summed E-state index contributed by atoms with van der Waals surface area (Å²) in [5.41, 5.74) is 0.694. The predicted molar refractivity (Wildman–Crippen MR) is 85.1 cm³/mol. The highest BCUT2D eigenvalue weighted by Crippen LogP contribution is 2.37. The molecule has 0 atom stereocenters. The van der Waals surface area contributed by atoms with E-state index >= 15 is 0 Å². The molecule has 1 aromatic rings. The summed E-state index contributed by atoms with van der Waals surface area (Å²) in [4.78, 5) is 0. The van der Waals surface area contributed by atoms with Gasteiger partial charge in [0.1, 0.15) is 0 Å². The zero-order chi connectivity index (χ0) is 11.6. The van der Waals surface area contributed by atoms with Crippen LogP contribution in [-0.2, 0) is 3.79 Å². The van der Waals surface area contributed by atoms with E-state index < -0.39 is 3.79 Å². The molecule has 0 fully saturated rings. The van der Waals surface area contributed by atoms with Crippen molar-refractivity contribution in [3.8, 4) is 0 Å². The topological polar surface area (TPSA) is 0 Å². The summed E-state index contributed by atoms with van der Waals surface area (Å²) in [5, 5.41) is 0. The van der Waals surface area contributed by atoms with Crippen molar-refractivity contribution < 1.29 is 0 Å². The average molecular weight is 479 g/mol. The van der Waals surface area contributed by atoms with Crippen LogP contribution in [0.15, 0.2) is 30.3 Å². The van der Waals surface area contributed by atoms with Crippen molar-refractivity contribution in [2.75, 3.05) is 0 Å². The molecule has 0 bridgehead atoms. The SMILES string of the molecule is CC.ClC(Cl)(Cl)c1ccccc1.II. The molecule has 0 amide bonds. The van der Waals surface area contributed by atoms with Crippen molar-refractivity contribution in [1.82, 2.24) is 0 Å². The van der Waals surface area contributed by atoms with Gasteiger partial charge in [0.25, 0.3) is 0 Å². The van der Waals surface area contributed by atoms with Crippen LogP contribution in [0.1, 0.15) is 19.4 Å². The summed E-state index contributed by atoms with van der Waals surface area (Å²) < 4.78 is -1.29. The van der Waals surface area contributed by atoms with E-state index in [0.29, 0.717) is 5.56 Å². The monoisotopic (exact) mass is 478 g/mol. The molecule has 0 aliphatic carbocycles. The third-order valence-electron chi connectivity index (χ3n) is 1.10. The Morgan fingerprint density at radius 2 is 1.29 bits per heavy atom. The Labute approximate surface area is 124 Å². The molecule has 0 unspecified atom stereocenters. The molecule has 82 valence electrons. The third-order valence-corrected chi connectivity index (χ3v) is 1.76. The van der Waals surface area contributed by atoms with Gasteiger partial charge in [-0.25, -0.2) is 0 Å². The van der Waals surface area contributed by atoms with E-state index in [1.807, 2.05) is 32.0 Å². The van der Waals surface area contributed by atoms with Gasteiger partial charge in [-0.05, 0) is 0 Å². The van der Waals surface area contributed by atoms with E-state index in [0.717, 1.165) is 0 Å². The zero-order valence-electron chi connectivity index (χ0n) is 7.78. The summed E-state index contributed by atoms with van der Waals surface area (Å²) in [6.07, 6.45) is 0. The normalized spacial score (nSPS) is 9.07. The van der Waals surface area contributed by atoms with Crippen molar-refractivity contribution in [2.24, 2.45) is 0 Å². The summed E-state index contributed by atoms with van der Waals surface area (Å²) >= 11 is 21.0. The number of rotatable bonds is 0. The van der Waals surface area contributed by atoms with Crippen LogP contribution in [0.2, 0.25) is 0 Å². The average Bonchev–Trinajstić information content (AvgIpc) is 2.24. The molecule has 0 saturated carbocycles. The van der Waals surface area contributed by atoms with Gasteiger partial charge in [-0.15, -0.1) is 0 Å². The van der Waals surface area contributed by atoms with Crippen LogP contribution in [0.4, 0.5) is 0 Å². The maximum absolute atomic E-state index is 5.59. The van der Waals surface area contributed by atoms with Crippen LogP contribution in [0.3, 0.4) is 0 Å². The number of hydrogen-bond acceptors (Lipinski definition) is 0. The van der Waals surface area contributed by atoms with Crippen molar-refractivity contribution in [1.29, 1.82) is 0 Å². The van der Waals surface area contributed by atoms with Gasteiger partial charge in [0, 0.05) is 42.8 Å². The first-order valence-corrected chi connectivity index (χ1v) is 11.3. The van der Waals surface area contributed by atoms with Gasteiger partial charge < -0.3 is 0 Å². The smallest absolute Gasteiger partial charge is 0.0784 e. The molecular weight excluding hydrogens is 468 g/mol. The highest BCUT2D eigenvalue weighted by Gasteiger charge is 2.21. The van der Waals surface area contributed by atoms with Gasteiger partial charge in [0.15, 0.2) is 0 Å². The minimum Gasteiger partial charge on any atom is -0.0784 e. The fraction of sp³-hybridized carbons (Fsp3) is 0.333. The quantitative estimate of drug-likeness (QED) is 0.302. The Balaban J connectivity index is 0. The number of alkyl halides is 3. The number of benzene rings is 1. The first-order chi connectivity index (χ1) is 6.61. The Bertz CT molecular complexity index is 209. The minimum atomic E-state index is -1.29. The number of halogens is 5. The molecule has 1 aromatic carbocycles. The molecule has 0 N–H and O–H groups in total. The van der Waals surface area contributed by atoms with E-state index in [-0.39, 0.29) is 0 Å². The summed E-state index contributed by atoms with van der Waals surface area (Å²) in [6.45, 7) is 4.00. The maximum Gasteiger partial charge on any atom is 0.216 e. The molecule has 0 saturated heterocycles. The summed E-state index contributed by atoms with van der Waals surface area (Å²) in [5.74, 6) is 0. The van der Waals surface area contributed by atoms with Crippen molar-refractivity contribution >= 4 is 72.0 Å². The van der Waals surface area contributed by atoms with Gasteiger partial charge in [0.05, 0.1) is 0 Å². The Kier molecular flexibility index (Phi) is 14.1. The van der Waals surface area contributed by atoms with Gasteiger partial charge >= 0.3 is 0 Å². The molecule has 0 spiro atoms. The lowest BCUT2D eigenvalue weighted by atomic mass is 10.2.